The number of hydrogen-bond acceptors (Lipinski definition) is 5. The maximum absolute atomic E-state index is 13.3. The van der Waals surface area contributed by atoms with Crippen LogP contribution >= 0.6 is 0 Å². The molecule has 0 N–H and O–H groups in total. The SMILES string of the molecule is CCC(C)(C)C(=O)OC1C2CC3CC1CC(C(=O)OCOCC1C4CC5CC(C4)CC1C5)(C3)C2. The van der Waals surface area contributed by atoms with Crippen LogP contribution in [0.5, 0.6) is 0 Å². The van der Waals surface area contributed by atoms with Crippen LogP contribution in [0.1, 0.15) is 91.4 Å². The average molecular weight is 473 g/mol. The number of carbonyl (C=O) groups excluding carboxylic acids is 2. The maximum Gasteiger partial charge on any atom is 0.314 e. The van der Waals surface area contributed by atoms with Crippen molar-refractivity contribution in [2.45, 2.75) is 97.5 Å². The Bertz CT molecular complexity index is 773. The van der Waals surface area contributed by atoms with Crippen LogP contribution in [0.2, 0.25) is 0 Å². The second-order valence-corrected chi connectivity index (χ2v) is 13.9. The zero-order chi connectivity index (χ0) is 23.7. The molecule has 8 saturated carbocycles. The maximum atomic E-state index is 13.3. The molecule has 0 saturated heterocycles. The minimum Gasteiger partial charge on any atom is -0.461 e. The van der Waals surface area contributed by atoms with Gasteiger partial charge in [0.2, 0.25) is 0 Å². The molecule has 0 spiro atoms. The first kappa shape index (κ1) is 23.3. The Morgan fingerprint density at radius 2 is 1.41 bits per heavy atom. The summed E-state index contributed by atoms with van der Waals surface area (Å²) in [5.41, 5.74) is -0.828. The summed E-state index contributed by atoms with van der Waals surface area (Å²) in [5.74, 6) is 5.32. The highest BCUT2D eigenvalue weighted by atomic mass is 16.7. The monoisotopic (exact) mass is 472 g/mol. The zero-order valence-corrected chi connectivity index (χ0v) is 21.4. The van der Waals surface area contributed by atoms with Crippen molar-refractivity contribution in [1.29, 1.82) is 0 Å². The van der Waals surface area contributed by atoms with Crippen molar-refractivity contribution in [3.05, 3.63) is 0 Å². The number of esters is 2. The quantitative estimate of drug-likeness (QED) is 0.256. The van der Waals surface area contributed by atoms with Crippen molar-refractivity contribution in [3.63, 3.8) is 0 Å². The lowest BCUT2D eigenvalue weighted by molar-refractivity contribution is -0.206. The van der Waals surface area contributed by atoms with E-state index in [-0.39, 0.29) is 30.3 Å². The van der Waals surface area contributed by atoms with Gasteiger partial charge in [-0.1, -0.05) is 6.92 Å². The lowest BCUT2D eigenvalue weighted by Crippen LogP contribution is -2.58. The smallest absolute Gasteiger partial charge is 0.314 e. The first-order valence-electron chi connectivity index (χ1n) is 14.2. The molecular weight excluding hydrogens is 428 g/mol. The van der Waals surface area contributed by atoms with Gasteiger partial charge < -0.3 is 14.2 Å². The lowest BCUT2D eigenvalue weighted by Gasteiger charge is -2.58. The van der Waals surface area contributed by atoms with Crippen molar-refractivity contribution in [3.8, 4) is 0 Å². The molecule has 8 bridgehead atoms. The molecule has 0 aromatic rings. The molecule has 8 fully saturated rings. The van der Waals surface area contributed by atoms with Crippen LogP contribution in [0.4, 0.5) is 0 Å². The minimum absolute atomic E-state index is 0.0241. The van der Waals surface area contributed by atoms with Gasteiger partial charge in [-0.2, -0.15) is 0 Å². The summed E-state index contributed by atoms with van der Waals surface area (Å²) in [5, 5.41) is 0. The molecule has 8 aliphatic rings. The summed E-state index contributed by atoms with van der Waals surface area (Å²) < 4.78 is 17.9. The van der Waals surface area contributed by atoms with Crippen molar-refractivity contribution >= 4 is 11.9 Å². The van der Waals surface area contributed by atoms with Crippen molar-refractivity contribution in [1.82, 2.24) is 0 Å². The number of ether oxygens (including phenoxy) is 3. The topological polar surface area (TPSA) is 61.8 Å². The molecule has 2 atom stereocenters. The van der Waals surface area contributed by atoms with Gasteiger partial charge in [0.15, 0.2) is 6.79 Å². The molecule has 0 amide bonds. The Kier molecular flexibility index (Phi) is 5.82. The Morgan fingerprint density at radius 1 is 0.824 bits per heavy atom. The van der Waals surface area contributed by atoms with Crippen molar-refractivity contribution in [2.24, 2.45) is 58.2 Å². The Morgan fingerprint density at radius 3 is 2.00 bits per heavy atom. The van der Waals surface area contributed by atoms with Crippen LogP contribution in [-0.2, 0) is 23.8 Å². The Balaban J connectivity index is 1.02. The lowest BCUT2D eigenvalue weighted by atomic mass is 9.48. The minimum atomic E-state index is -0.445. The van der Waals surface area contributed by atoms with E-state index < -0.39 is 5.41 Å². The first-order chi connectivity index (χ1) is 16.3. The van der Waals surface area contributed by atoms with E-state index in [0.717, 1.165) is 68.8 Å². The third kappa shape index (κ3) is 3.92. The van der Waals surface area contributed by atoms with Gasteiger partial charge in [0.25, 0.3) is 0 Å². The second-order valence-electron chi connectivity index (χ2n) is 13.9. The van der Waals surface area contributed by atoms with Crippen LogP contribution in [0.3, 0.4) is 0 Å². The Hall–Kier alpha value is -1.10. The van der Waals surface area contributed by atoms with Crippen molar-refractivity contribution in [2.75, 3.05) is 13.4 Å². The molecule has 2 unspecified atom stereocenters. The molecule has 34 heavy (non-hydrogen) atoms. The second kappa shape index (κ2) is 8.49. The number of rotatable bonds is 8. The van der Waals surface area contributed by atoms with Crippen LogP contribution < -0.4 is 0 Å². The average Bonchev–Trinajstić information content (AvgIpc) is 2.79. The van der Waals surface area contributed by atoms with E-state index >= 15 is 0 Å². The van der Waals surface area contributed by atoms with E-state index in [1.165, 1.54) is 32.1 Å². The molecule has 5 heteroatoms. The summed E-state index contributed by atoms with van der Waals surface area (Å²) in [6.07, 6.45) is 12.5. The molecule has 5 nitrogen and oxygen atoms in total. The molecule has 0 radical (unpaired) electrons. The largest absolute Gasteiger partial charge is 0.461 e. The summed E-state index contributed by atoms with van der Waals surface area (Å²) in [7, 11) is 0. The third-order valence-electron chi connectivity index (χ3n) is 11.3. The predicted molar refractivity (Wildman–Crippen MR) is 127 cm³/mol. The van der Waals surface area contributed by atoms with E-state index in [1.807, 2.05) is 20.8 Å². The van der Waals surface area contributed by atoms with Gasteiger partial charge in [-0.15, -0.1) is 0 Å². The standard InChI is InChI=1S/C29H44O5/c1-4-28(2,3)26(30)34-25-22-10-19-11-23(25)14-29(12-19,13-22)27(31)33-16-32-15-24-20-6-17-5-18(8-20)9-21(24)7-17/h17-25H,4-16H2,1-3H3. The zero-order valence-electron chi connectivity index (χ0n) is 21.4. The van der Waals surface area contributed by atoms with Crippen LogP contribution in [0, 0.1) is 58.2 Å². The third-order valence-corrected chi connectivity index (χ3v) is 11.3. The molecule has 0 heterocycles. The highest BCUT2D eigenvalue weighted by Crippen LogP contribution is 2.61. The van der Waals surface area contributed by atoms with E-state index in [1.54, 1.807) is 0 Å². The van der Waals surface area contributed by atoms with Gasteiger partial charge in [-0.3, -0.25) is 9.59 Å². The molecule has 0 aromatic carbocycles. The summed E-state index contributed by atoms with van der Waals surface area (Å²) in [6.45, 7) is 6.83. The van der Waals surface area contributed by atoms with E-state index in [4.69, 9.17) is 14.2 Å². The first-order valence-corrected chi connectivity index (χ1v) is 14.2. The fraction of sp³-hybridized carbons (Fsp3) is 0.931. The molecule has 8 aliphatic carbocycles. The molecular formula is C29H44O5. The van der Waals surface area contributed by atoms with Gasteiger partial charge >= 0.3 is 11.9 Å². The molecule has 0 aliphatic heterocycles. The van der Waals surface area contributed by atoms with Crippen LogP contribution in [0.25, 0.3) is 0 Å². The summed E-state index contributed by atoms with van der Waals surface area (Å²) in [6, 6.07) is 0. The van der Waals surface area contributed by atoms with Gasteiger partial charge in [0.05, 0.1) is 17.4 Å². The fourth-order valence-electron chi connectivity index (χ4n) is 9.59. The van der Waals surface area contributed by atoms with Gasteiger partial charge in [0, 0.05) is 0 Å². The highest BCUT2D eigenvalue weighted by molar-refractivity contribution is 5.78. The van der Waals surface area contributed by atoms with Gasteiger partial charge in [-0.05, 0) is 132 Å². The molecule has 190 valence electrons. The Labute approximate surface area is 205 Å². The summed E-state index contributed by atoms with van der Waals surface area (Å²) >= 11 is 0. The number of hydrogen-bond donors (Lipinski definition) is 0. The van der Waals surface area contributed by atoms with Gasteiger partial charge in [-0.25, -0.2) is 0 Å². The normalized spacial score (nSPS) is 46.0. The molecule has 8 rings (SSSR count). The van der Waals surface area contributed by atoms with E-state index in [0.29, 0.717) is 23.7 Å². The van der Waals surface area contributed by atoms with Crippen molar-refractivity contribution < 1.29 is 23.8 Å². The predicted octanol–water partition coefficient (Wildman–Crippen LogP) is 5.75. The highest BCUT2D eigenvalue weighted by Gasteiger charge is 2.60. The molecule has 0 aromatic heterocycles. The van der Waals surface area contributed by atoms with E-state index in [9.17, 15) is 9.59 Å². The number of carbonyl (C=O) groups is 2. The van der Waals surface area contributed by atoms with E-state index in [2.05, 4.69) is 0 Å². The summed E-state index contributed by atoms with van der Waals surface area (Å²) in [4.78, 5) is 26.1. The fourth-order valence-corrected chi connectivity index (χ4v) is 9.59. The van der Waals surface area contributed by atoms with Crippen LogP contribution in [0.15, 0.2) is 0 Å². The van der Waals surface area contributed by atoms with Crippen LogP contribution in [-0.4, -0.2) is 31.4 Å². The van der Waals surface area contributed by atoms with Gasteiger partial charge in [0.1, 0.15) is 6.10 Å².